The summed E-state index contributed by atoms with van der Waals surface area (Å²) >= 11 is 0. The van der Waals surface area contributed by atoms with E-state index in [2.05, 4.69) is 0 Å². The van der Waals surface area contributed by atoms with Crippen LogP contribution in [0.2, 0.25) is 0 Å². The molecule has 3 rings (SSSR count). The number of rotatable bonds is 1. The SMILES string of the molecule is O=c1cc(C2CC2)oc2cc(O)cc(O)c12. The first-order valence-corrected chi connectivity index (χ1v) is 5.15. The van der Waals surface area contributed by atoms with Crippen LogP contribution in [0.25, 0.3) is 11.0 Å². The van der Waals surface area contributed by atoms with Crippen molar-refractivity contribution in [3.8, 4) is 11.5 Å². The molecule has 1 saturated carbocycles. The third-order valence-electron chi connectivity index (χ3n) is 2.79. The summed E-state index contributed by atoms with van der Waals surface area (Å²) in [7, 11) is 0. The highest BCUT2D eigenvalue weighted by atomic mass is 16.3. The molecular weight excluding hydrogens is 208 g/mol. The van der Waals surface area contributed by atoms with Crippen LogP contribution in [0.1, 0.15) is 24.5 Å². The zero-order valence-corrected chi connectivity index (χ0v) is 8.43. The van der Waals surface area contributed by atoms with Crippen LogP contribution in [0.3, 0.4) is 0 Å². The van der Waals surface area contributed by atoms with Crippen LogP contribution in [0.5, 0.6) is 11.5 Å². The predicted molar refractivity (Wildman–Crippen MR) is 57.8 cm³/mol. The Balaban J connectivity index is 2.37. The van der Waals surface area contributed by atoms with Gasteiger partial charge in [-0.2, -0.15) is 0 Å². The molecule has 0 aliphatic heterocycles. The van der Waals surface area contributed by atoms with Crippen molar-refractivity contribution in [2.45, 2.75) is 18.8 Å². The van der Waals surface area contributed by atoms with Gasteiger partial charge in [0.1, 0.15) is 28.2 Å². The second-order valence-corrected chi connectivity index (χ2v) is 4.13. The Morgan fingerprint density at radius 3 is 2.62 bits per heavy atom. The number of hydrogen-bond donors (Lipinski definition) is 2. The first-order valence-electron chi connectivity index (χ1n) is 5.15. The quantitative estimate of drug-likeness (QED) is 0.768. The second-order valence-electron chi connectivity index (χ2n) is 4.13. The average molecular weight is 218 g/mol. The Bertz CT molecular complexity index is 623. The predicted octanol–water partition coefficient (Wildman–Crippen LogP) is 2.08. The fourth-order valence-corrected chi connectivity index (χ4v) is 1.84. The number of fused-ring (bicyclic) bond motifs is 1. The zero-order valence-electron chi connectivity index (χ0n) is 8.43. The number of hydrogen-bond acceptors (Lipinski definition) is 4. The van der Waals surface area contributed by atoms with Gasteiger partial charge in [-0.1, -0.05) is 0 Å². The van der Waals surface area contributed by atoms with E-state index in [1.54, 1.807) is 0 Å². The maximum absolute atomic E-state index is 11.8. The van der Waals surface area contributed by atoms with Gasteiger partial charge in [0.2, 0.25) is 0 Å². The van der Waals surface area contributed by atoms with Gasteiger partial charge in [0.15, 0.2) is 5.43 Å². The molecule has 82 valence electrons. The maximum atomic E-state index is 11.8. The van der Waals surface area contributed by atoms with E-state index in [1.165, 1.54) is 12.1 Å². The summed E-state index contributed by atoms with van der Waals surface area (Å²) in [5, 5.41) is 19.0. The largest absolute Gasteiger partial charge is 0.508 e. The molecule has 0 radical (unpaired) electrons. The topological polar surface area (TPSA) is 70.7 Å². The Morgan fingerprint density at radius 1 is 1.19 bits per heavy atom. The normalized spacial score (nSPS) is 15.5. The minimum absolute atomic E-state index is 0.110. The van der Waals surface area contributed by atoms with E-state index in [4.69, 9.17) is 4.42 Å². The third kappa shape index (κ3) is 1.34. The van der Waals surface area contributed by atoms with E-state index in [-0.39, 0.29) is 27.9 Å². The van der Waals surface area contributed by atoms with Crippen molar-refractivity contribution >= 4 is 11.0 Å². The molecule has 0 atom stereocenters. The van der Waals surface area contributed by atoms with E-state index < -0.39 is 0 Å². The lowest BCUT2D eigenvalue weighted by molar-refractivity contribution is 0.450. The first-order chi connectivity index (χ1) is 7.65. The molecular formula is C12H10O4. The van der Waals surface area contributed by atoms with Gasteiger partial charge in [-0.3, -0.25) is 4.79 Å². The molecule has 0 spiro atoms. The second kappa shape index (κ2) is 3.01. The van der Waals surface area contributed by atoms with Crippen LogP contribution >= 0.6 is 0 Å². The maximum Gasteiger partial charge on any atom is 0.196 e. The molecule has 4 heteroatoms. The van der Waals surface area contributed by atoms with Gasteiger partial charge < -0.3 is 14.6 Å². The molecule has 1 fully saturated rings. The molecule has 0 bridgehead atoms. The highest BCUT2D eigenvalue weighted by molar-refractivity contribution is 5.84. The van der Waals surface area contributed by atoms with E-state index in [1.807, 2.05) is 0 Å². The van der Waals surface area contributed by atoms with Gasteiger partial charge in [-0.15, -0.1) is 0 Å². The molecule has 1 aromatic carbocycles. The highest BCUT2D eigenvalue weighted by Crippen LogP contribution is 2.41. The lowest BCUT2D eigenvalue weighted by atomic mass is 10.1. The first kappa shape index (κ1) is 9.27. The van der Waals surface area contributed by atoms with Gasteiger partial charge in [0.25, 0.3) is 0 Å². The number of aromatic hydroxyl groups is 2. The molecule has 16 heavy (non-hydrogen) atoms. The van der Waals surface area contributed by atoms with Crippen molar-refractivity contribution in [3.05, 3.63) is 34.2 Å². The van der Waals surface area contributed by atoms with Crippen molar-refractivity contribution in [3.63, 3.8) is 0 Å². The van der Waals surface area contributed by atoms with Gasteiger partial charge >= 0.3 is 0 Å². The van der Waals surface area contributed by atoms with Crippen LogP contribution in [0, 0.1) is 0 Å². The molecule has 2 N–H and O–H groups in total. The Morgan fingerprint density at radius 2 is 1.94 bits per heavy atom. The van der Waals surface area contributed by atoms with Crippen LogP contribution in [-0.4, -0.2) is 10.2 Å². The van der Waals surface area contributed by atoms with Gasteiger partial charge in [0, 0.05) is 24.1 Å². The van der Waals surface area contributed by atoms with E-state index in [9.17, 15) is 15.0 Å². The summed E-state index contributed by atoms with van der Waals surface area (Å²) in [6.45, 7) is 0. The van der Waals surface area contributed by atoms with Crippen LogP contribution in [-0.2, 0) is 0 Å². The summed E-state index contributed by atoms with van der Waals surface area (Å²) in [5.41, 5.74) is -0.0208. The summed E-state index contributed by atoms with van der Waals surface area (Å²) in [6.07, 6.45) is 2.05. The minimum atomic E-state index is -0.263. The summed E-state index contributed by atoms with van der Waals surface area (Å²) < 4.78 is 5.51. The molecule has 1 heterocycles. The average Bonchev–Trinajstić information content (AvgIpc) is 2.97. The standard InChI is InChI=1S/C12H10O4/c13-7-3-8(14)12-9(15)5-10(6-1-2-6)16-11(12)4-7/h3-6,13-14H,1-2H2. The molecule has 1 aliphatic rings. The molecule has 1 aromatic heterocycles. The summed E-state index contributed by atoms with van der Waals surface area (Å²) in [5.74, 6) is 0.608. The molecule has 0 saturated heterocycles. The fraction of sp³-hybridized carbons (Fsp3) is 0.250. The van der Waals surface area contributed by atoms with Crippen molar-refractivity contribution in [1.29, 1.82) is 0 Å². The van der Waals surface area contributed by atoms with Crippen molar-refractivity contribution in [1.82, 2.24) is 0 Å². The van der Waals surface area contributed by atoms with Gasteiger partial charge in [-0.05, 0) is 12.8 Å². The van der Waals surface area contributed by atoms with Crippen molar-refractivity contribution < 1.29 is 14.6 Å². The molecule has 1 aliphatic carbocycles. The molecule has 0 amide bonds. The molecule has 2 aromatic rings. The van der Waals surface area contributed by atoms with E-state index in [0.29, 0.717) is 11.7 Å². The monoisotopic (exact) mass is 218 g/mol. The van der Waals surface area contributed by atoms with Crippen molar-refractivity contribution in [2.24, 2.45) is 0 Å². The summed E-state index contributed by atoms with van der Waals surface area (Å²) in [4.78, 5) is 11.8. The molecule has 0 unspecified atom stereocenters. The van der Waals surface area contributed by atoms with Crippen LogP contribution in [0.4, 0.5) is 0 Å². The highest BCUT2D eigenvalue weighted by Gasteiger charge is 2.27. The number of benzene rings is 1. The number of phenolic OH excluding ortho intramolecular Hbond substituents is 2. The van der Waals surface area contributed by atoms with E-state index in [0.717, 1.165) is 18.9 Å². The van der Waals surface area contributed by atoms with Crippen LogP contribution < -0.4 is 5.43 Å². The lowest BCUT2D eigenvalue weighted by Crippen LogP contribution is -2.01. The molecule has 4 nitrogen and oxygen atoms in total. The fourth-order valence-electron chi connectivity index (χ4n) is 1.84. The Hall–Kier alpha value is -1.97. The van der Waals surface area contributed by atoms with Crippen molar-refractivity contribution in [2.75, 3.05) is 0 Å². The zero-order chi connectivity index (χ0) is 11.3. The minimum Gasteiger partial charge on any atom is -0.508 e. The summed E-state index contributed by atoms with van der Waals surface area (Å²) in [6, 6.07) is 3.91. The lowest BCUT2D eigenvalue weighted by Gasteiger charge is -2.03. The van der Waals surface area contributed by atoms with Gasteiger partial charge in [-0.25, -0.2) is 0 Å². The Kier molecular flexibility index (Phi) is 1.74. The van der Waals surface area contributed by atoms with Crippen LogP contribution in [0.15, 0.2) is 27.4 Å². The van der Waals surface area contributed by atoms with E-state index >= 15 is 0 Å². The Labute approximate surface area is 90.8 Å². The third-order valence-corrected chi connectivity index (χ3v) is 2.79. The smallest absolute Gasteiger partial charge is 0.196 e. The van der Waals surface area contributed by atoms with Gasteiger partial charge in [0.05, 0.1) is 0 Å². The number of phenols is 2.